The van der Waals surface area contributed by atoms with E-state index in [1.54, 1.807) is 6.88 Å². The van der Waals surface area contributed by atoms with Crippen LogP contribution < -0.4 is 5.63 Å². The zero-order chi connectivity index (χ0) is 33.4. The molecule has 0 heterocycles. The van der Waals surface area contributed by atoms with E-state index in [4.69, 9.17) is 5.63 Å². The van der Waals surface area contributed by atoms with Crippen LogP contribution in [0.25, 0.3) is 6.08 Å². The van der Waals surface area contributed by atoms with Crippen molar-refractivity contribution >= 4 is 13.0 Å². The van der Waals surface area contributed by atoms with Crippen molar-refractivity contribution < 1.29 is 48.8 Å². The van der Waals surface area contributed by atoms with E-state index in [1.165, 1.54) is 24.3 Å². The Balaban J connectivity index is 1.69. The van der Waals surface area contributed by atoms with Gasteiger partial charge in [-0.1, -0.05) is 0 Å². The summed E-state index contributed by atoms with van der Waals surface area (Å²) in [6, 6.07) is 36.1. The van der Waals surface area contributed by atoms with Gasteiger partial charge in [0.15, 0.2) is 0 Å². The quantitative estimate of drug-likeness (QED) is 0.111. The molecule has 0 aromatic heterocycles. The molecule has 47 heavy (non-hydrogen) atoms. The molecule has 2 nitrogen and oxygen atoms in total. The fourth-order valence-electron chi connectivity index (χ4n) is 7.06. The molecule has 5 aromatic carbocycles. The van der Waals surface area contributed by atoms with Crippen molar-refractivity contribution in [1.29, 1.82) is 0 Å². The fourth-order valence-corrected chi connectivity index (χ4v) is 33.0. The van der Waals surface area contributed by atoms with Gasteiger partial charge in [-0.15, -0.1) is 0 Å². The summed E-state index contributed by atoms with van der Waals surface area (Å²) in [4.78, 5) is 0. The molecule has 1 aliphatic carbocycles. The third-order valence-corrected chi connectivity index (χ3v) is 33.2. The average Bonchev–Trinajstić information content (AvgIpc) is 3.48. The van der Waals surface area contributed by atoms with Crippen molar-refractivity contribution in [2.75, 3.05) is 0 Å². The number of rotatable bonds is 9. The summed E-state index contributed by atoms with van der Waals surface area (Å²) >= 11 is -6.43. The normalized spacial score (nSPS) is 16.2. The summed E-state index contributed by atoms with van der Waals surface area (Å²) in [5.74, 6) is 0.364. The summed E-state index contributed by atoms with van der Waals surface area (Å²) in [5, 5.41) is 0. The summed E-state index contributed by atoms with van der Waals surface area (Å²) in [6.07, 6.45) is -5.09. The van der Waals surface area contributed by atoms with Crippen LogP contribution in [0.1, 0.15) is 37.0 Å². The minimum absolute atomic E-state index is 0.182. The molecular formula is C37H31F6O2SiZr. The number of hydrogen-bond donors (Lipinski definition) is 0. The first-order valence-corrected chi connectivity index (χ1v) is 27.9. The van der Waals surface area contributed by atoms with E-state index in [0.717, 1.165) is 46.5 Å². The van der Waals surface area contributed by atoms with Gasteiger partial charge in [-0.05, 0) is 0 Å². The van der Waals surface area contributed by atoms with Crippen LogP contribution in [-0.2, 0) is 37.4 Å². The Bertz CT molecular complexity index is 1890. The predicted molar refractivity (Wildman–Crippen MR) is 171 cm³/mol. The molecular weight excluding hydrogens is 710 g/mol. The summed E-state index contributed by atoms with van der Waals surface area (Å²) in [5.41, 5.74) is 1.94. The molecule has 5 aromatic rings. The molecule has 0 saturated carbocycles. The Morgan fingerprint density at radius 3 is 1.36 bits per heavy atom. The van der Waals surface area contributed by atoms with Crippen LogP contribution in [0.5, 0.6) is 11.5 Å². The van der Waals surface area contributed by atoms with Crippen LogP contribution in [0, 0.1) is 0 Å². The van der Waals surface area contributed by atoms with Crippen molar-refractivity contribution in [1.82, 2.24) is 0 Å². The van der Waals surface area contributed by atoms with Crippen LogP contribution in [0.4, 0.5) is 26.3 Å². The maximum atomic E-state index is 13.7. The van der Waals surface area contributed by atoms with E-state index < -0.39 is 43.9 Å². The van der Waals surface area contributed by atoms with Gasteiger partial charge in [-0.2, -0.15) is 0 Å². The van der Waals surface area contributed by atoms with Gasteiger partial charge in [-0.25, -0.2) is 0 Å². The van der Waals surface area contributed by atoms with E-state index in [2.05, 4.69) is 0 Å². The molecule has 1 atom stereocenters. The number of benzene rings is 5. The van der Waals surface area contributed by atoms with E-state index in [0.29, 0.717) is 0 Å². The molecule has 10 heteroatoms. The standard InChI is InChI=1S/C9H7.2C7H5F3O.2C7H7.H2Si.Zr/c1-2-5-9-7-3-6-8(9)4-1;2*8-7(9,10)5-1-3-6(11)4-2-5;2*1-7-5-3-2-4-6-7;;/h1-7H;2*1-4,11H;2*2-6H,1H2;1H2;/q;;;;;;+2/p-2. The van der Waals surface area contributed by atoms with Crippen molar-refractivity contribution in [2.45, 2.75) is 24.2 Å². The van der Waals surface area contributed by atoms with Crippen molar-refractivity contribution in [3.05, 3.63) is 173 Å². The number of alkyl halides is 6. The van der Waals surface area contributed by atoms with Crippen molar-refractivity contribution in [3.8, 4) is 11.5 Å². The molecule has 1 aliphatic rings. The van der Waals surface area contributed by atoms with Gasteiger partial charge in [0, 0.05) is 0 Å². The molecule has 0 radical (unpaired) electrons. The number of allylic oxidation sites excluding steroid dienone is 1. The Hall–Kier alpha value is -3.88. The number of halogens is 6. The molecule has 0 N–H and O–H groups in total. The van der Waals surface area contributed by atoms with Gasteiger partial charge in [0.05, 0.1) is 0 Å². The first kappa shape index (κ1) is 33.0. The maximum absolute atomic E-state index is 13.7. The summed E-state index contributed by atoms with van der Waals surface area (Å²) in [6.45, 7) is 1.65. The zero-order valence-corrected chi connectivity index (χ0v) is 29.0. The van der Waals surface area contributed by atoms with Crippen molar-refractivity contribution in [3.63, 3.8) is 0 Å². The topological polar surface area (TPSA) is 18.5 Å². The Morgan fingerprint density at radius 1 is 0.532 bits per heavy atom. The molecule has 0 bridgehead atoms. The molecule has 0 fully saturated rings. The molecule has 6 rings (SSSR count). The minimum atomic E-state index is -6.43. The molecule has 0 amide bonds. The van der Waals surface area contributed by atoms with Gasteiger partial charge in [0.2, 0.25) is 0 Å². The van der Waals surface area contributed by atoms with Gasteiger partial charge in [-0.3, -0.25) is 0 Å². The third kappa shape index (κ3) is 6.50. The molecule has 241 valence electrons. The SMILES string of the molecule is FC(F)(F)c1ccc([O][Zr](=[SiH2])([CH2]c2ccccc2)([CH2]c2ccccc2)([O]c2ccc(C(F)(F)F)cc2)[CH]2C=Cc3ccccc32)cc1. The van der Waals surface area contributed by atoms with Crippen LogP contribution in [0.2, 0.25) is 0 Å². The second kappa shape index (κ2) is 11.7. The fraction of sp³-hybridized carbons (Fsp3) is 0.135. The van der Waals surface area contributed by atoms with Gasteiger partial charge >= 0.3 is 270 Å². The number of hydrogen-bond acceptors (Lipinski definition) is 2. The van der Waals surface area contributed by atoms with Crippen LogP contribution >= 0.6 is 0 Å². The van der Waals surface area contributed by atoms with Crippen molar-refractivity contribution in [2.24, 2.45) is 0 Å². The van der Waals surface area contributed by atoms with Crippen LogP contribution in [0.3, 0.4) is 0 Å². The van der Waals surface area contributed by atoms with E-state index >= 15 is 0 Å². The Morgan fingerprint density at radius 2 is 0.936 bits per heavy atom. The van der Waals surface area contributed by atoms with E-state index in [1.807, 2.05) is 97.1 Å². The van der Waals surface area contributed by atoms with E-state index in [9.17, 15) is 26.3 Å². The van der Waals surface area contributed by atoms with Gasteiger partial charge in [0.1, 0.15) is 0 Å². The monoisotopic (exact) mass is 739 g/mol. The van der Waals surface area contributed by atoms with E-state index in [-0.39, 0.29) is 19.8 Å². The van der Waals surface area contributed by atoms with Gasteiger partial charge in [0.25, 0.3) is 0 Å². The second-order valence-electron chi connectivity index (χ2n) is 12.6. The Labute approximate surface area is 269 Å². The number of fused-ring (bicyclic) bond motifs is 1. The summed E-state index contributed by atoms with van der Waals surface area (Å²) < 4.78 is 96.8. The first-order valence-electron chi connectivity index (χ1n) is 15.0. The summed E-state index contributed by atoms with van der Waals surface area (Å²) in [7, 11) is 0. The third-order valence-electron chi connectivity index (χ3n) is 9.03. The van der Waals surface area contributed by atoms with Crippen LogP contribution in [0.15, 0.2) is 140 Å². The van der Waals surface area contributed by atoms with Gasteiger partial charge < -0.3 is 0 Å². The Kier molecular flexibility index (Phi) is 8.20. The zero-order valence-electron chi connectivity index (χ0n) is 25.1. The molecule has 0 saturated heterocycles. The second-order valence-corrected chi connectivity index (χ2v) is 41.1. The van der Waals surface area contributed by atoms with Crippen LogP contribution in [-0.4, -0.2) is 6.88 Å². The first-order chi connectivity index (χ1) is 22.2. The molecule has 0 aliphatic heterocycles. The average molecular weight is 741 g/mol. The predicted octanol–water partition coefficient (Wildman–Crippen LogP) is 9.95. The molecule has 1 unspecified atom stereocenters. The molecule has 0 spiro atoms.